The SMILES string of the molecule is Cc1cccc(C(=O)OCC(=O)Nc2cc(=O)n(C)c(=O)n2C)c1O. The molecule has 0 atom stereocenters. The molecule has 0 aliphatic carbocycles. The molecule has 0 radical (unpaired) electrons. The minimum Gasteiger partial charge on any atom is -0.507 e. The number of aryl methyl sites for hydroxylation is 1. The van der Waals surface area contributed by atoms with Gasteiger partial charge in [-0.3, -0.25) is 18.7 Å². The Morgan fingerprint density at radius 1 is 1.20 bits per heavy atom. The lowest BCUT2D eigenvalue weighted by Gasteiger charge is -2.11. The Balaban J connectivity index is 2.07. The van der Waals surface area contributed by atoms with Crippen LogP contribution in [0.2, 0.25) is 0 Å². The molecule has 2 N–H and O–H groups in total. The predicted octanol–water partition coefficient (Wildman–Crippen LogP) is -0.106. The molecule has 9 nitrogen and oxygen atoms in total. The smallest absolute Gasteiger partial charge is 0.342 e. The van der Waals surface area contributed by atoms with E-state index in [-0.39, 0.29) is 17.1 Å². The number of aromatic hydroxyl groups is 1. The zero-order valence-corrected chi connectivity index (χ0v) is 13.9. The average Bonchev–Trinajstić information content (AvgIpc) is 2.58. The summed E-state index contributed by atoms with van der Waals surface area (Å²) >= 11 is 0. The quantitative estimate of drug-likeness (QED) is 0.745. The number of phenolic OH excluding ortho intramolecular Hbond substituents is 1. The van der Waals surface area contributed by atoms with Gasteiger partial charge < -0.3 is 15.2 Å². The molecule has 0 aliphatic heterocycles. The van der Waals surface area contributed by atoms with Gasteiger partial charge in [0, 0.05) is 20.2 Å². The Labute approximate surface area is 142 Å². The molecule has 0 saturated heterocycles. The highest BCUT2D eigenvalue weighted by Gasteiger charge is 2.16. The lowest BCUT2D eigenvalue weighted by atomic mass is 10.1. The number of amides is 1. The summed E-state index contributed by atoms with van der Waals surface area (Å²) in [5.41, 5.74) is -0.757. The highest BCUT2D eigenvalue weighted by atomic mass is 16.5. The van der Waals surface area contributed by atoms with E-state index < -0.39 is 29.7 Å². The molecule has 1 aromatic carbocycles. The third-order valence-corrected chi connectivity index (χ3v) is 3.59. The Bertz CT molecular complexity index is 957. The van der Waals surface area contributed by atoms with E-state index in [1.165, 1.54) is 20.2 Å². The third kappa shape index (κ3) is 3.77. The summed E-state index contributed by atoms with van der Waals surface area (Å²) < 4.78 is 6.80. The monoisotopic (exact) mass is 347 g/mol. The topological polar surface area (TPSA) is 120 Å². The van der Waals surface area contributed by atoms with Gasteiger partial charge in [-0.1, -0.05) is 12.1 Å². The van der Waals surface area contributed by atoms with E-state index >= 15 is 0 Å². The van der Waals surface area contributed by atoms with Crippen LogP contribution in [-0.4, -0.2) is 32.7 Å². The number of phenols is 1. The van der Waals surface area contributed by atoms with Crippen molar-refractivity contribution in [3.8, 4) is 5.75 Å². The molecule has 0 fully saturated rings. The van der Waals surface area contributed by atoms with Crippen molar-refractivity contribution in [2.45, 2.75) is 6.92 Å². The lowest BCUT2D eigenvalue weighted by molar-refractivity contribution is -0.119. The molecule has 25 heavy (non-hydrogen) atoms. The van der Waals surface area contributed by atoms with Gasteiger partial charge in [0.2, 0.25) is 0 Å². The first kappa shape index (κ1) is 18.0. The van der Waals surface area contributed by atoms with E-state index in [2.05, 4.69) is 5.32 Å². The zero-order valence-electron chi connectivity index (χ0n) is 13.9. The van der Waals surface area contributed by atoms with Crippen LogP contribution < -0.4 is 16.6 Å². The predicted molar refractivity (Wildman–Crippen MR) is 88.7 cm³/mol. The fourth-order valence-electron chi connectivity index (χ4n) is 2.06. The molecule has 1 amide bonds. The normalized spacial score (nSPS) is 10.4. The average molecular weight is 347 g/mol. The van der Waals surface area contributed by atoms with Gasteiger partial charge in [0.25, 0.3) is 11.5 Å². The molecule has 1 aromatic heterocycles. The van der Waals surface area contributed by atoms with Crippen LogP contribution in [0.1, 0.15) is 15.9 Å². The second kappa shape index (κ2) is 7.04. The number of benzene rings is 1. The highest BCUT2D eigenvalue weighted by molar-refractivity contribution is 5.96. The van der Waals surface area contributed by atoms with Crippen LogP contribution in [0.15, 0.2) is 33.9 Å². The zero-order chi connectivity index (χ0) is 18.7. The van der Waals surface area contributed by atoms with Gasteiger partial charge in [-0.15, -0.1) is 0 Å². The molecule has 0 aliphatic rings. The summed E-state index contributed by atoms with van der Waals surface area (Å²) in [5.74, 6) is -1.84. The fraction of sp³-hybridized carbons (Fsp3) is 0.250. The van der Waals surface area contributed by atoms with Crippen molar-refractivity contribution < 1.29 is 19.4 Å². The molecular formula is C16H17N3O6. The molecular weight excluding hydrogens is 330 g/mol. The van der Waals surface area contributed by atoms with Gasteiger partial charge >= 0.3 is 11.7 Å². The van der Waals surface area contributed by atoms with Gasteiger partial charge in [0.15, 0.2) is 6.61 Å². The van der Waals surface area contributed by atoms with Crippen LogP contribution in [0.5, 0.6) is 5.75 Å². The number of aromatic nitrogens is 2. The number of para-hydroxylation sites is 1. The van der Waals surface area contributed by atoms with Crippen LogP contribution in [-0.2, 0) is 23.6 Å². The minimum atomic E-state index is -0.866. The van der Waals surface area contributed by atoms with E-state index in [9.17, 15) is 24.3 Å². The molecule has 0 spiro atoms. The molecule has 9 heteroatoms. The summed E-state index contributed by atoms with van der Waals surface area (Å²) in [7, 11) is 2.69. The van der Waals surface area contributed by atoms with Crippen molar-refractivity contribution >= 4 is 17.7 Å². The molecule has 0 saturated carbocycles. The van der Waals surface area contributed by atoms with Crippen molar-refractivity contribution in [3.05, 3.63) is 56.2 Å². The van der Waals surface area contributed by atoms with Gasteiger partial charge in [-0.05, 0) is 18.6 Å². The number of nitrogens with one attached hydrogen (secondary N) is 1. The number of nitrogens with zero attached hydrogens (tertiary/aromatic N) is 2. The molecule has 0 unspecified atom stereocenters. The van der Waals surface area contributed by atoms with E-state index in [1.54, 1.807) is 19.1 Å². The van der Waals surface area contributed by atoms with Crippen molar-refractivity contribution in [1.82, 2.24) is 9.13 Å². The number of esters is 1. The first-order valence-electron chi connectivity index (χ1n) is 7.25. The summed E-state index contributed by atoms with van der Waals surface area (Å²) in [6, 6.07) is 5.64. The van der Waals surface area contributed by atoms with Crippen LogP contribution in [0.3, 0.4) is 0 Å². The Morgan fingerprint density at radius 3 is 2.56 bits per heavy atom. The van der Waals surface area contributed by atoms with Gasteiger partial charge in [0.1, 0.15) is 17.1 Å². The Hall–Kier alpha value is -3.36. The molecule has 2 aromatic rings. The third-order valence-electron chi connectivity index (χ3n) is 3.59. The highest BCUT2D eigenvalue weighted by Crippen LogP contribution is 2.21. The minimum absolute atomic E-state index is 0.0208. The summed E-state index contributed by atoms with van der Waals surface area (Å²) in [6.45, 7) is 0.977. The molecule has 2 rings (SSSR count). The lowest BCUT2D eigenvalue weighted by Crippen LogP contribution is -2.38. The number of hydrogen-bond donors (Lipinski definition) is 2. The Kier molecular flexibility index (Phi) is 5.06. The maximum atomic E-state index is 11.9. The van der Waals surface area contributed by atoms with Crippen LogP contribution in [0, 0.1) is 6.92 Å². The van der Waals surface area contributed by atoms with E-state index in [0.717, 1.165) is 15.2 Å². The molecule has 132 valence electrons. The van der Waals surface area contributed by atoms with Crippen LogP contribution >= 0.6 is 0 Å². The number of ether oxygens (including phenoxy) is 1. The fourth-order valence-corrected chi connectivity index (χ4v) is 2.06. The van der Waals surface area contributed by atoms with E-state index in [0.29, 0.717) is 5.56 Å². The van der Waals surface area contributed by atoms with Gasteiger partial charge in [-0.2, -0.15) is 0 Å². The maximum Gasteiger partial charge on any atom is 0.342 e. The number of carbonyl (C=O) groups is 2. The number of anilines is 1. The number of hydrogen-bond acceptors (Lipinski definition) is 6. The molecule has 1 heterocycles. The van der Waals surface area contributed by atoms with E-state index in [1.807, 2.05) is 0 Å². The second-order valence-electron chi connectivity index (χ2n) is 5.36. The summed E-state index contributed by atoms with van der Waals surface area (Å²) in [4.78, 5) is 47.2. The molecule has 0 bridgehead atoms. The summed E-state index contributed by atoms with van der Waals surface area (Å²) in [6.07, 6.45) is 0. The first-order chi connectivity index (χ1) is 11.7. The first-order valence-corrected chi connectivity index (χ1v) is 7.25. The largest absolute Gasteiger partial charge is 0.507 e. The number of rotatable bonds is 4. The van der Waals surface area contributed by atoms with Gasteiger partial charge in [0.05, 0.1) is 0 Å². The Morgan fingerprint density at radius 2 is 1.88 bits per heavy atom. The van der Waals surface area contributed by atoms with Crippen molar-refractivity contribution in [2.75, 3.05) is 11.9 Å². The summed E-state index contributed by atoms with van der Waals surface area (Å²) in [5, 5.41) is 12.1. The van der Waals surface area contributed by atoms with E-state index in [4.69, 9.17) is 4.74 Å². The van der Waals surface area contributed by atoms with Crippen molar-refractivity contribution in [2.24, 2.45) is 14.1 Å². The second-order valence-corrected chi connectivity index (χ2v) is 5.36. The maximum absolute atomic E-state index is 11.9. The van der Waals surface area contributed by atoms with Crippen LogP contribution in [0.4, 0.5) is 5.82 Å². The van der Waals surface area contributed by atoms with Crippen molar-refractivity contribution in [3.63, 3.8) is 0 Å². The van der Waals surface area contributed by atoms with Crippen LogP contribution in [0.25, 0.3) is 0 Å². The standard InChI is InChI=1S/C16H17N3O6/c1-9-5-4-6-10(14(9)22)15(23)25-8-12(20)17-11-7-13(21)19(3)16(24)18(11)2/h4-7,22H,8H2,1-3H3,(H,17,20). The number of carbonyl (C=O) groups excluding carboxylic acids is 2. The van der Waals surface area contributed by atoms with Gasteiger partial charge in [-0.25, -0.2) is 9.59 Å². The van der Waals surface area contributed by atoms with Crippen molar-refractivity contribution in [1.29, 1.82) is 0 Å².